The molecule has 0 atom stereocenters. The molecule has 4 aromatic rings. The number of fused-ring (bicyclic) bond motifs is 1. The predicted octanol–water partition coefficient (Wildman–Crippen LogP) is 5.33. The molecule has 0 aliphatic carbocycles. The number of aromatic nitrogens is 5. The highest BCUT2D eigenvalue weighted by Gasteiger charge is 2.32. The van der Waals surface area contributed by atoms with E-state index in [0.29, 0.717) is 40.0 Å². The second kappa shape index (κ2) is 10.4. The summed E-state index contributed by atoms with van der Waals surface area (Å²) in [5.74, 6) is -1.53. The van der Waals surface area contributed by atoms with Crippen LogP contribution >= 0.6 is 0 Å². The highest BCUT2D eigenvalue weighted by atomic mass is 19.4. The summed E-state index contributed by atoms with van der Waals surface area (Å²) < 4.78 is 53.7. The van der Waals surface area contributed by atoms with Crippen molar-refractivity contribution in [1.82, 2.24) is 24.9 Å². The number of carbonyl (C=O) groups excluding carboxylic acids is 1. The maximum absolute atomic E-state index is 14.5. The zero-order valence-electron chi connectivity index (χ0n) is 19.1. The second-order valence-corrected chi connectivity index (χ2v) is 7.43. The van der Waals surface area contributed by atoms with Crippen LogP contribution in [0.2, 0.25) is 0 Å². The number of rotatable bonds is 7. The van der Waals surface area contributed by atoms with Crippen LogP contribution in [0.25, 0.3) is 22.4 Å². The number of pyridine rings is 1. The number of hydrogen-bond acceptors (Lipinski definition) is 7. The van der Waals surface area contributed by atoms with Gasteiger partial charge in [0.1, 0.15) is 34.9 Å². The molecule has 3 aromatic heterocycles. The fourth-order valence-corrected chi connectivity index (χ4v) is 3.35. The van der Waals surface area contributed by atoms with Gasteiger partial charge in [-0.3, -0.25) is 9.79 Å². The van der Waals surface area contributed by atoms with Crippen LogP contribution < -0.4 is 10.6 Å². The molecule has 0 fully saturated rings. The largest absolute Gasteiger partial charge is 0.416 e. The van der Waals surface area contributed by atoms with E-state index in [1.807, 2.05) is 0 Å². The molecule has 0 saturated carbocycles. The number of imidazole rings is 1. The number of halogens is 4. The van der Waals surface area contributed by atoms with E-state index in [9.17, 15) is 22.4 Å². The Morgan fingerprint density at radius 1 is 1.16 bits per heavy atom. The van der Waals surface area contributed by atoms with Gasteiger partial charge in [-0.05, 0) is 50.0 Å². The van der Waals surface area contributed by atoms with E-state index in [-0.39, 0.29) is 5.69 Å². The molecule has 3 heterocycles. The predicted molar refractivity (Wildman–Crippen MR) is 131 cm³/mol. The fraction of sp³-hybridized carbons (Fsp3) is 0.0833. The van der Waals surface area contributed by atoms with Gasteiger partial charge in [0, 0.05) is 17.4 Å². The lowest BCUT2D eigenvalue weighted by atomic mass is 10.1. The maximum Gasteiger partial charge on any atom is 0.416 e. The van der Waals surface area contributed by atoms with E-state index in [0.717, 1.165) is 19.1 Å². The van der Waals surface area contributed by atoms with Gasteiger partial charge in [-0.1, -0.05) is 6.08 Å². The van der Waals surface area contributed by atoms with Crippen molar-refractivity contribution in [2.24, 2.45) is 4.99 Å². The van der Waals surface area contributed by atoms with Crippen molar-refractivity contribution in [3.05, 3.63) is 78.4 Å². The molecule has 9 nitrogen and oxygen atoms in total. The Hall–Kier alpha value is -4.94. The summed E-state index contributed by atoms with van der Waals surface area (Å²) in [5.41, 5.74) is 0.440. The number of hydrogen-bond donors (Lipinski definition) is 3. The quantitative estimate of drug-likeness (QED) is 0.134. The molecule has 0 saturated heterocycles. The number of carbonyl (C=O) groups is 1. The Morgan fingerprint density at radius 2 is 1.97 bits per heavy atom. The molecule has 188 valence electrons. The van der Waals surface area contributed by atoms with Crippen LogP contribution in [0.4, 0.5) is 34.8 Å². The minimum atomic E-state index is -4.70. The molecule has 0 radical (unpaired) electrons. The summed E-state index contributed by atoms with van der Waals surface area (Å²) in [6.07, 6.45) is 0.984. The van der Waals surface area contributed by atoms with E-state index in [4.69, 9.17) is 0 Å². The van der Waals surface area contributed by atoms with E-state index >= 15 is 0 Å². The average Bonchev–Trinajstić information content (AvgIpc) is 3.35. The van der Waals surface area contributed by atoms with Crippen LogP contribution in [0.15, 0.2) is 77.6 Å². The van der Waals surface area contributed by atoms with Crippen molar-refractivity contribution in [3.8, 4) is 11.3 Å². The summed E-state index contributed by atoms with van der Waals surface area (Å²) in [6, 6.07) is 7.21. The third-order valence-corrected chi connectivity index (χ3v) is 5.10. The van der Waals surface area contributed by atoms with Crippen molar-refractivity contribution < 1.29 is 22.4 Å². The van der Waals surface area contributed by atoms with Gasteiger partial charge in [-0.2, -0.15) is 13.2 Å². The lowest BCUT2D eigenvalue weighted by Gasteiger charge is -2.13. The summed E-state index contributed by atoms with van der Waals surface area (Å²) in [7, 11) is 0. The minimum absolute atomic E-state index is 0.297. The van der Waals surface area contributed by atoms with Gasteiger partial charge in [0.2, 0.25) is 0 Å². The molecule has 0 aliphatic rings. The first-order chi connectivity index (χ1) is 17.7. The fourth-order valence-electron chi connectivity index (χ4n) is 3.35. The molecule has 0 unspecified atom stereocenters. The third kappa shape index (κ3) is 5.50. The van der Waals surface area contributed by atoms with Crippen LogP contribution in [0.3, 0.4) is 0 Å². The normalized spacial score (nSPS) is 12.5. The van der Waals surface area contributed by atoms with E-state index in [1.54, 1.807) is 12.1 Å². The molecular weight excluding hydrogens is 492 g/mol. The van der Waals surface area contributed by atoms with Crippen LogP contribution in [0.1, 0.15) is 6.92 Å². The van der Waals surface area contributed by atoms with Crippen molar-refractivity contribution in [1.29, 1.82) is 0 Å². The molecule has 13 heteroatoms. The lowest BCUT2D eigenvalue weighted by Crippen LogP contribution is -2.17. The van der Waals surface area contributed by atoms with Crippen molar-refractivity contribution >= 4 is 41.0 Å². The number of aromatic amines is 1. The molecule has 0 spiro atoms. The van der Waals surface area contributed by atoms with Crippen LogP contribution in [0, 0.1) is 5.82 Å². The standard InChI is InChI=1S/C24H18F4N8O/c1-3-13(24(26,27)28)9-18(29-2)23(37)36-17-10-14(6-7-16(17)25)35-21-15(5-4-8-30-21)19-20-22(33-11-31-19)34-12-32-20/h3-12H,2H2,1H3,(H,30,35)(H,36,37)(H,31,32,33,34)/b13-3+,18-9-. The SMILES string of the molecule is C=N/C(=C\C(=C/C)C(F)(F)F)C(=O)Nc1cc(Nc2ncccc2-c2ncnc3nc[nH]c23)ccc1F. The van der Waals surface area contributed by atoms with Crippen LogP contribution in [-0.4, -0.2) is 43.7 Å². The topological polar surface area (TPSA) is 121 Å². The molecular formula is C24H18F4N8O. The highest BCUT2D eigenvalue weighted by Crippen LogP contribution is 2.32. The molecule has 0 bridgehead atoms. The maximum atomic E-state index is 14.5. The Balaban J connectivity index is 1.63. The Morgan fingerprint density at radius 3 is 2.70 bits per heavy atom. The number of amides is 1. The number of allylic oxidation sites excluding steroid dienone is 3. The van der Waals surface area contributed by atoms with Crippen molar-refractivity contribution in [2.75, 3.05) is 10.6 Å². The van der Waals surface area contributed by atoms with E-state index in [1.165, 1.54) is 31.0 Å². The summed E-state index contributed by atoms with van der Waals surface area (Å²) in [4.78, 5) is 35.7. The van der Waals surface area contributed by atoms with Crippen LogP contribution in [0.5, 0.6) is 0 Å². The number of nitrogens with one attached hydrogen (secondary N) is 3. The average molecular weight is 510 g/mol. The third-order valence-electron chi connectivity index (χ3n) is 5.10. The van der Waals surface area contributed by atoms with Gasteiger partial charge in [0.15, 0.2) is 5.65 Å². The van der Waals surface area contributed by atoms with Crippen molar-refractivity contribution in [3.63, 3.8) is 0 Å². The van der Waals surface area contributed by atoms with Gasteiger partial charge >= 0.3 is 6.18 Å². The van der Waals surface area contributed by atoms with Gasteiger partial charge in [-0.25, -0.2) is 24.3 Å². The molecule has 1 aromatic carbocycles. The number of H-pyrrole nitrogens is 1. The molecule has 37 heavy (non-hydrogen) atoms. The zero-order valence-corrected chi connectivity index (χ0v) is 19.1. The molecule has 4 rings (SSSR count). The number of aliphatic imine (C=N–C) groups is 1. The first-order valence-electron chi connectivity index (χ1n) is 10.6. The van der Waals surface area contributed by atoms with Crippen molar-refractivity contribution in [2.45, 2.75) is 13.1 Å². The number of nitrogens with zero attached hydrogens (tertiary/aromatic N) is 5. The first kappa shape index (κ1) is 25.2. The number of benzene rings is 1. The molecule has 3 N–H and O–H groups in total. The highest BCUT2D eigenvalue weighted by molar-refractivity contribution is 6.04. The summed E-state index contributed by atoms with van der Waals surface area (Å²) in [6.45, 7) is 4.30. The summed E-state index contributed by atoms with van der Waals surface area (Å²) in [5, 5.41) is 5.27. The van der Waals surface area contributed by atoms with Gasteiger partial charge in [0.05, 0.1) is 17.6 Å². The monoisotopic (exact) mass is 510 g/mol. The summed E-state index contributed by atoms with van der Waals surface area (Å²) >= 11 is 0. The molecule has 1 amide bonds. The number of alkyl halides is 3. The zero-order chi connectivity index (χ0) is 26.6. The Bertz CT molecular complexity index is 1540. The van der Waals surface area contributed by atoms with Gasteiger partial charge in [-0.15, -0.1) is 0 Å². The minimum Gasteiger partial charge on any atom is -0.341 e. The van der Waals surface area contributed by atoms with E-state index < -0.39 is 29.2 Å². The van der Waals surface area contributed by atoms with Crippen LogP contribution in [-0.2, 0) is 4.79 Å². The second-order valence-electron chi connectivity index (χ2n) is 7.43. The molecule has 0 aliphatic heterocycles. The Labute approximate surface area is 207 Å². The first-order valence-corrected chi connectivity index (χ1v) is 10.6. The van der Waals surface area contributed by atoms with E-state index in [2.05, 4.69) is 47.3 Å². The smallest absolute Gasteiger partial charge is 0.341 e. The van der Waals surface area contributed by atoms with Gasteiger partial charge in [0.25, 0.3) is 5.91 Å². The lowest BCUT2D eigenvalue weighted by molar-refractivity contribution is -0.112. The number of anilines is 3. The Kier molecular flexibility index (Phi) is 7.04. The van der Waals surface area contributed by atoms with Gasteiger partial charge < -0.3 is 15.6 Å².